The smallest absolute Gasteiger partial charge is 0.427 e. The van der Waals surface area contributed by atoms with Crippen molar-refractivity contribution in [3.8, 4) is 0 Å². The second kappa shape index (κ2) is 12.8. The molecule has 0 aliphatic rings. The van der Waals surface area contributed by atoms with E-state index in [9.17, 15) is 9.59 Å². The zero-order chi connectivity index (χ0) is 29.4. The van der Waals surface area contributed by atoms with Gasteiger partial charge < -0.3 is 15.2 Å². The highest BCUT2D eigenvalue weighted by atomic mass is 16.6. The number of carbonyl (C=O) groups excluding carboxylic acids is 2. The molecule has 0 aromatic heterocycles. The molecule has 212 valence electrons. The largest absolute Gasteiger partial charge is 0.443 e. The van der Waals surface area contributed by atoms with Gasteiger partial charge in [-0.15, -0.1) is 4.90 Å². The minimum atomic E-state index is -0.955. The molecule has 0 spiro atoms. The van der Waals surface area contributed by atoms with Gasteiger partial charge in [-0.25, -0.2) is 9.59 Å². The number of nitrogens with zero attached hydrogens (tertiary/aromatic N) is 2. The number of nitrogens with one attached hydrogen (secondary N) is 1. The number of ether oxygens (including phenoxy) is 2. The second-order valence-electron chi connectivity index (χ2n) is 11.3. The predicted octanol–water partition coefficient (Wildman–Crippen LogP) is 6.06. The molecule has 0 fully saturated rings. The zero-order valence-corrected chi connectivity index (χ0v) is 24.2. The third kappa shape index (κ3) is 7.93. The van der Waals surface area contributed by atoms with E-state index in [-0.39, 0.29) is 12.5 Å². The van der Waals surface area contributed by atoms with E-state index in [1.807, 2.05) is 54.6 Å². The molecule has 0 aliphatic heterocycles. The molecule has 40 heavy (non-hydrogen) atoms. The van der Waals surface area contributed by atoms with Gasteiger partial charge in [-0.05, 0) is 58.2 Å². The molecule has 2 amide bonds. The first-order valence-electron chi connectivity index (χ1n) is 13.3. The molecular weight excluding hydrogens is 504 g/mol. The lowest BCUT2D eigenvalue weighted by Gasteiger charge is -2.37. The van der Waals surface area contributed by atoms with Crippen LogP contribution >= 0.6 is 0 Å². The molecule has 3 N–H and O–H groups in total. The van der Waals surface area contributed by atoms with Gasteiger partial charge in [0.2, 0.25) is 5.96 Å². The zero-order valence-electron chi connectivity index (χ0n) is 24.2. The van der Waals surface area contributed by atoms with E-state index in [0.717, 1.165) is 16.7 Å². The number of nitrogens with two attached hydrogens (primary N) is 1. The van der Waals surface area contributed by atoms with Crippen molar-refractivity contribution >= 4 is 18.1 Å². The van der Waals surface area contributed by atoms with Crippen LogP contribution in [0.1, 0.15) is 58.2 Å². The molecule has 8 nitrogen and oxygen atoms in total. The summed E-state index contributed by atoms with van der Waals surface area (Å²) < 4.78 is 10.8. The fourth-order valence-electron chi connectivity index (χ4n) is 4.23. The molecule has 0 unspecified atom stereocenters. The van der Waals surface area contributed by atoms with E-state index in [0.29, 0.717) is 11.4 Å². The van der Waals surface area contributed by atoms with Crippen molar-refractivity contribution in [3.63, 3.8) is 0 Å². The number of aliphatic imine (C=N–C) groups is 1. The van der Waals surface area contributed by atoms with Crippen LogP contribution in [0.2, 0.25) is 0 Å². The van der Waals surface area contributed by atoms with Crippen LogP contribution in [-0.2, 0) is 15.0 Å². The van der Waals surface area contributed by atoms with E-state index in [4.69, 9.17) is 15.2 Å². The molecule has 0 heterocycles. The van der Waals surface area contributed by atoms with Gasteiger partial charge in [-0.3, -0.25) is 10.3 Å². The van der Waals surface area contributed by atoms with Crippen molar-refractivity contribution in [1.29, 1.82) is 0 Å². The summed E-state index contributed by atoms with van der Waals surface area (Å²) in [4.78, 5) is 30.8. The number of carbonyl (C=O) groups is 2. The van der Waals surface area contributed by atoms with Crippen molar-refractivity contribution in [3.05, 3.63) is 108 Å². The molecular formula is C32H40N4O4. The number of amides is 2. The fraction of sp³-hybridized carbons (Fsp3) is 0.344. The molecule has 0 saturated carbocycles. The van der Waals surface area contributed by atoms with Crippen LogP contribution in [0.15, 0.2) is 96.0 Å². The SMILES string of the molecule is CC(C)(C)OC(=O)N(C(=O)OC(C)(C)C)C(N)=NCCNC(c1ccccc1)(c1ccccc1)c1ccccc1. The summed E-state index contributed by atoms with van der Waals surface area (Å²) in [5.74, 6) is -0.310. The molecule has 0 aliphatic carbocycles. The van der Waals surface area contributed by atoms with Crippen molar-refractivity contribution in [2.45, 2.75) is 58.3 Å². The maximum absolute atomic E-state index is 12.9. The molecule has 0 saturated heterocycles. The topological polar surface area (TPSA) is 106 Å². The first-order valence-corrected chi connectivity index (χ1v) is 13.3. The van der Waals surface area contributed by atoms with Gasteiger partial charge in [0.1, 0.15) is 11.2 Å². The number of rotatable bonds is 7. The summed E-state index contributed by atoms with van der Waals surface area (Å²) in [6.07, 6.45) is -1.91. The van der Waals surface area contributed by atoms with Crippen LogP contribution in [0.25, 0.3) is 0 Å². The van der Waals surface area contributed by atoms with Crippen molar-refractivity contribution in [2.75, 3.05) is 13.1 Å². The number of guanidine groups is 1. The summed E-state index contributed by atoms with van der Waals surface area (Å²) in [5.41, 5.74) is 6.95. The lowest BCUT2D eigenvalue weighted by Crippen LogP contribution is -2.50. The average molecular weight is 545 g/mol. The van der Waals surface area contributed by atoms with Gasteiger partial charge >= 0.3 is 12.2 Å². The van der Waals surface area contributed by atoms with E-state index < -0.39 is 28.9 Å². The lowest BCUT2D eigenvalue weighted by atomic mass is 9.77. The van der Waals surface area contributed by atoms with Gasteiger partial charge in [0.15, 0.2) is 0 Å². The van der Waals surface area contributed by atoms with Crippen LogP contribution in [-0.4, -0.2) is 47.3 Å². The van der Waals surface area contributed by atoms with E-state index in [1.165, 1.54) is 0 Å². The van der Waals surface area contributed by atoms with Gasteiger partial charge in [0.05, 0.1) is 12.1 Å². The lowest BCUT2D eigenvalue weighted by molar-refractivity contribution is 0.0145. The third-order valence-electron chi connectivity index (χ3n) is 5.78. The van der Waals surface area contributed by atoms with Gasteiger partial charge in [0.25, 0.3) is 0 Å². The Balaban J connectivity index is 1.93. The standard InChI is InChI=1S/C32H40N4O4/c1-30(2,3)39-28(37)36(29(38)40-31(4,5)6)27(33)34-22-23-35-32(24-16-10-7-11-17-24,25-18-12-8-13-19-25)26-20-14-9-15-21-26/h7-21,35H,22-23H2,1-6H3,(H2,33,34). The van der Waals surface area contributed by atoms with Gasteiger partial charge in [-0.2, -0.15) is 0 Å². The van der Waals surface area contributed by atoms with Crippen LogP contribution in [0.5, 0.6) is 0 Å². The Labute approximate surface area is 237 Å². The van der Waals surface area contributed by atoms with Crippen LogP contribution < -0.4 is 11.1 Å². The van der Waals surface area contributed by atoms with E-state index >= 15 is 0 Å². The minimum absolute atomic E-state index is 0.169. The summed E-state index contributed by atoms with van der Waals surface area (Å²) in [6, 6.07) is 30.5. The number of hydrogen-bond acceptors (Lipinski definition) is 6. The molecule has 0 atom stereocenters. The summed E-state index contributed by atoms with van der Waals surface area (Å²) in [5, 5.41) is 3.70. The summed E-state index contributed by atoms with van der Waals surface area (Å²) in [7, 11) is 0. The Hall–Kier alpha value is -4.17. The highest BCUT2D eigenvalue weighted by Gasteiger charge is 2.36. The second-order valence-corrected chi connectivity index (χ2v) is 11.3. The highest BCUT2D eigenvalue weighted by Crippen LogP contribution is 2.36. The highest BCUT2D eigenvalue weighted by molar-refractivity contribution is 6.07. The van der Waals surface area contributed by atoms with E-state index in [2.05, 4.69) is 46.7 Å². The maximum Gasteiger partial charge on any atom is 0.427 e. The Bertz CT molecular complexity index is 1160. The fourth-order valence-corrected chi connectivity index (χ4v) is 4.23. The Morgan fingerprint density at radius 2 is 1.05 bits per heavy atom. The van der Waals surface area contributed by atoms with Crippen molar-refractivity contribution in [1.82, 2.24) is 10.2 Å². The first-order chi connectivity index (χ1) is 18.8. The number of imide groups is 1. The summed E-state index contributed by atoms with van der Waals surface area (Å²) >= 11 is 0. The quantitative estimate of drug-likeness (QED) is 0.162. The monoisotopic (exact) mass is 544 g/mol. The Morgan fingerprint density at radius 3 is 1.38 bits per heavy atom. The number of hydrogen-bond donors (Lipinski definition) is 2. The van der Waals surface area contributed by atoms with Gasteiger partial charge in [0, 0.05) is 6.54 Å². The summed E-state index contributed by atoms with van der Waals surface area (Å²) in [6.45, 7) is 10.7. The Kier molecular flexibility index (Phi) is 9.71. The molecule has 8 heteroatoms. The van der Waals surface area contributed by atoms with Crippen molar-refractivity contribution < 1.29 is 19.1 Å². The van der Waals surface area contributed by atoms with Crippen LogP contribution in [0.4, 0.5) is 9.59 Å². The molecule has 0 radical (unpaired) electrons. The molecule has 0 bridgehead atoms. The first kappa shape index (κ1) is 30.4. The molecule has 3 aromatic carbocycles. The Morgan fingerprint density at radius 1 is 0.700 bits per heavy atom. The third-order valence-corrected chi connectivity index (χ3v) is 5.78. The predicted molar refractivity (Wildman–Crippen MR) is 158 cm³/mol. The van der Waals surface area contributed by atoms with Crippen LogP contribution in [0.3, 0.4) is 0 Å². The molecule has 3 rings (SSSR count). The van der Waals surface area contributed by atoms with Gasteiger partial charge in [-0.1, -0.05) is 91.0 Å². The normalized spacial score (nSPS) is 12.5. The molecule has 3 aromatic rings. The number of benzene rings is 3. The van der Waals surface area contributed by atoms with Crippen molar-refractivity contribution in [2.24, 2.45) is 10.7 Å². The van der Waals surface area contributed by atoms with Crippen LogP contribution in [0, 0.1) is 0 Å². The average Bonchev–Trinajstić information content (AvgIpc) is 2.88. The maximum atomic E-state index is 12.9. The minimum Gasteiger partial charge on any atom is -0.443 e. The van der Waals surface area contributed by atoms with E-state index in [1.54, 1.807) is 41.5 Å².